The minimum absolute atomic E-state index is 0.0861. The standard InChI is InChI=1S/C20H24N2O3/c1-2-25-17-12-16(20(17)9-5-6-10-20)22-19(24)15-11-13-7-3-4-8-14(13)18(23)21-15/h3-4,7-8,11,16-17H,2,5-6,9-10,12H2,1H3,(H,21,23)(H,22,24)/t16-,17+/m1/s1. The summed E-state index contributed by atoms with van der Waals surface area (Å²) >= 11 is 0. The van der Waals surface area contributed by atoms with Crippen LogP contribution < -0.4 is 10.9 Å². The first-order chi connectivity index (χ1) is 12.1. The molecule has 0 bridgehead atoms. The first-order valence-corrected chi connectivity index (χ1v) is 9.18. The third-order valence-corrected chi connectivity index (χ3v) is 5.99. The van der Waals surface area contributed by atoms with Crippen LogP contribution in [0.4, 0.5) is 0 Å². The van der Waals surface area contributed by atoms with Gasteiger partial charge in [0.15, 0.2) is 0 Å². The number of nitrogens with one attached hydrogen (secondary N) is 2. The van der Waals surface area contributed by atoms with Crippen LogP contribution in [0, 0.1) is 5.41 Å². The predicted octanol–water partition coefficient (Wildman–Crippen LogP) is 3.00. The summed E-state index contributed by atoms with van der Waals surface area (Å²) < 4.78 is 5.90. The number of H-pyrrole nitrogens is 1. The Morgan fingerprint density at radius 3 is 2.84 bits per heavy atom. The van der Waals surface area contributed by atoms with Crippen molar-refractivity contribution in [3.05, 3.63) is 46.4 Å². The van der Waals surface area contributed by atoms with Gasteiger partial charge in [-0.3, -0.25) is 9.59 Å². The van der Waals surface area contributed by atoms with Gasteiger partial charge in [0, 0.05) is 23.4 Å². The van der Waals surface area contributed by atoms with Crippen molar-refractivity contribution in [2.45, 2.75) is 51.2 Å². The van der Waals surface area contributed by atoms with Crippen molar-refractivity contribution in [1.82, 2.24) is 10.3 Å². The number of aromatic nitrogens is 1. The van der Waals surface area contributed by atoms with Gasteiger partial charge in [0.1, 0.15) is 5.69 Å². The number of carbonyl (C=O) groups excluding carboxylic acids is 1. The SMILES string of the molecule is CCO[C@H]1C[C@@H](NC(=O)c2cc3ccccc3c(=O)[nH]2)C12CCCC2. The maximum absolute atomic E-state index is 12.7. The molecule has 0 saturated heterocycles. The molecule has 2 aliphatic rings. The second kappa shape index (κ2) is 6.30. The molecule has 2 fully saturated rings. The molecule has 2 aliphatic carbocycles. The molecular weight excluding hydrogens is 316 g/mol. The zero-order valence-electron chi connectivity index (χ0n) is 14.5. The molecule has 0 aliphatic heterocycles. The van der Waals surface area contributed by atoms with Crippen molar-refractivity contribution >= 4 is 16.7 Å². The zero-order valence-corrected chi connectivity index (χ0v) is 14.5. The highest BCUT2D eigenvalue weighted by Crippen LogP contribution is 2.54. The van der Waals surface area contributed by atoms with E-state index in [1.807, 2.05) is 25.1 Å². The Hall–Kier alpha value is -2.14. The first-order valence-electron chi connectivity index (χ1n) is 9.18. The smallest absolute Gasteiger partial charge is 0.268 e. The normalized spacial score (nSPS) is 24.4. The van der Waals surface area contributed by atoms with E-state index in [2.05, 4.69) is 10.3 Å². The second-order valence-electron chi connectivity index (χ2n) is 7.25. The van der Waals surface area contributed by atoms with Gasteiger partial charge in [0.25, 0.3) is 11.5 Å². The summed E-state index contributed by atoms with van der Waals surface area (Å²) in [4.78, 5) is 27.7. The number of fused-ring (bicyclic) bond motifs is 1. The molecule has 4 rings (SSSR count). The molecule has 2 N–H and O–H groups in total. The lowest BCUT2D eigenvalue weighted by molar-refractivity contribution is -0.127. The number of hydrogen-bond acceptors (Lipinski definition) is 3. The molecule has 5 heteroatoms. The Balaban J connectivity index is 1.55. The average Bonchev–Trinajstić information content (AvgIpc) is 3.14. The van der Waals surface area contributed by atoms with E-state index >= 15 is 0 Å². The lowest BCUT2D eigenvalue weighted by atomic mass is 9.60. The van der Waals surface area contributed by atoms with Crippen LogP contribution in [0.25, 0.3) is 10.8 Å². The third kappa shape index (κ3) is 2.67. The van der Waals surface area contributed by atoms with Crippen LogP contribution in [0.15, 0.2) is 35.1 Å². The van der Waals surface area contributed by atoms with Crippen LogP contribution in [0.2, 0.25) is 0 Å². The molecule has 25 heavy (non-hydrogen) atoms. The third-order valence-electron chi connectivity index (χ3n) is 5.99. The minimum Gasteiger partial charge on any atom is -0.378 e. The molecule has 1 aromatic heterocycles. The van der Waals surface area contributed by atoms with Gasteiger partial charge >= 0.3 is 0 Å². The van der Waals surface area contributed by atoms with Crippen molar-refractivity contribution in [1.29, 1.82) is 0 Å². The van der Waals surface area contributed by atoms with Gasteiger partial charge in [-0.25, -0.2) is 0 Å². The lowest BCUT2D eigenvalue weighted by Crippen LogP contribution is -2.63. The number of hydrogen-bond donors (Lipinski definition) is 2. The van der Waals surface area contributed by atoms with E-state index in [4.69, 9.17) is 4.74 Å². The zero-order chi connectivity index (χ0) is 17.4. The maximum atomic E-state index is 12.7. The predicted molar refractivity (Wildman–Crippen MR) is 96.8 cm³/mol. The van der Waals surface area contributed by atoms with Gasteiger partial charge in [-0.15, -0.1) is 0 Å². The molecule has 0 radical (unpaired) electrons. The number of pyridine rings is 1. The fourth-order valence-corrected chi connectivity index (χ4v) is 4.66. The van der Waals surface area contributed by atoms with Gasteiger partial charge in [0.05, 0.1) is 6.10 Å². The maximum Gasteiger partial charge on any atom is 0.268 e. The summed E-state index contributed by atoms with van der Waals surface area (Å²) in [5.74, 6) is -0.200. The minimum atomic E-state index is -0.223. The molecule has 5 nitrogen and oxygen atoms in total. The molecule has 1 spiro atoms. The summed E-state index contributed by atoms with van der Waals surface area (Å²) in [5, 5.41) is 4.54. The highest BCUT2D eigenvalue weighted by Gasteiger charge is 2.57. The summed E-state index contributed by atoms with van der Waals surface area (Å²) in [5.41, 5.74) is 0.194. The molecule has 2 saturated carbocycles. The van der Waals surface area contributed by atoms with Crippen molar-refractivity contribution in [3.8, 4) is 0 Å². The van der Waals surface area contributed by atoms with Crippen molar-refractivity contribution in [3.63, 3.8) is 0 Å². The van der Waals surface area contributed by atoms with Crippen LogP contribution >= 0.6 is 0 Å². The molecule has 1 heterocycles. The van der Waals surface area contributed by atoms with E-state index in [0.29, 0.717) is 17.7 Å². The molecule has 1 aromatic carbocycles. The van der Waals surface area contributed by atoms with E-state index in [-0.39, 0.29) is 29.0 Å². The first kappa shape index (κ1) is 16.3. The number of rotatable bonds is 4. The number of aromatic amines is 1. The summed E-state index contributed by atoms with van der Waals surface area (Å²) in [6.07, 6.45) is 5.72. The quantitative estimate of drug-likeness (QED) is 0.899. The largest absolute Gasteiger partial charge is 0.378 e. The van der Waals surface area contributed by atoms with Crippen LogP contribution in [-0.2, 0) is 4.74 Å². The number of amides is 1. The Labute approximate surface area is 146 Å². The van der Waals surface area contributed by atoms with E-state index < -0.39 is 0 Å². The number of carbonyl (C=O) groups is 1. The molecular formula is C20H24N2O3. The number of benzene rings is 1. The van der Waals surface area contributed by atoms with Crippen molar-refractivity contribution < 1.29 is 9.53 Å². The monoisotopic (exact) mass is 340 g/mol. The number of ether oxygens (including phenoxy) is 1. The van der Waals surface area contributed by atoms with Crippen LogP contribution in [-0.4, -0.2) is 29.6 Å². The average molecular weight is 340 g/mol. The topological polar surface area (TPSA) is 71.2 Å². The summed E-state index contributed by atoms with van der Waals surface area (Å²) in [6.45, 7) is 2.74. The van der Waals surface area contributed by atoms with E-state index in [1.165, 1.54) is 12.8 Å². The molecule has 1 amide bonds. The van der Waals surface area contributed by atoms with Gasteiger partial charge in [0.2, 0.25) is 0 Å². The molecule has 2 aromatic rings. The van der Waals surface area contributed by atoms with Gasteiger partial charge in [-0.2, -0.15) is 0 Å². The highest BCUT2D eigenvalue weighted by atomic mass is 16.5. The fraction of sp³-hybridized carbons (Fsp3) is 0.500. The Morgan fingerprint density at radius 2 is 2.08 bits per heavy atom. The second-order valence-corrected chi connectivity index (χ2v) is 7.25. The highest BCUT2D eigenvalue weighted by molar-refractivity contribution is 5.96. The van der Waals surface area contributed by atoms with E-state index in [1.54, 1.807) is 12.1 Å². The van der Waals surface area contributed by atoms with Crippen LogP contribution in [0.1, 0.15) is 49.5 Å². The van der Waals surface area contributed by atoms with Gasteiger partial charge < -0.3 is 15.0 Å². The van der Waals surface area contributed by atoms with Crippen molar-refractivity contribution in [2.75, 3.05) is 6.61 Å². The molecule has 132 valence electrons. The summed E-state index contributed by atoms with van der Waals surface area (Å²) in [7, 11) is 0. The Bertz CT molecular complexity index is 851. The summed E-state index contributed by atoms with van der Waals surface area (Å²) in [6, 6.07) is 9.20. The van der Waals surface area contributed by atoms with Crippen LogP contribution in [0.5, 0.6) is 0 Å². The Kier molecular flexibility index (Phi) is 4.12. The van der Waals surface area contributed by atoms with Crippen molar-refractivity contribution in [2.24, 2.45) is 5.41 Å². The van der Waals surface area contributed by atoms with Crippen LogP contribution in [0.3, 0.4) is 0 Å². The van der Waals surface area contributed by atoms with E-state index in [0.717, 1.165) is 24.6 Å². The van der Waals surface area contributed by atoms with Gasteiger partial charge in [-0.05, 0) is 43.7 Å². The van der Waals surface area contributed by atoms with Gasteiger partial charge in [-0.1, -0.05) is 31.0 Å². The lowest BCUT2D eigenvalue weighted by Gasteiger charge is -2.54. The Morgan fingerprint density at radius 1 is 1.32 bits per heavy atom. The molecule has 0 unspecified atom stereocenters. The fourth-order valence-electron chi connectivity index (χ4n) is 4.66. The van der Waals surface area contributed by atoms with E-state index in [9.17, 15) is 9.59 Å². The molecule has 2 atom stereocenters.